The molecule has 0 bridgehead atoms. The fourth-order valence-electron chi connectivity index (χ4n) is 3.65. The number of carbonyl (C=O) groups is 3. The summed E-state index contributed by atoms with van der Waals surface area (Å²) in [5, 5.41) is 5.38. The van der Waals surface area contributed by atoms with E-state index < -0.39 is 12.0 Å². The summed E-state index contributed by atoms with van der Waals surface area (Å²) >= 11 is 0. The van der Waals surface area contributed by atoms with Crippen LogP contribution in [0, 0.1) is 6.92 Å². The Morgan fingerprint density at radius 1 is 1.20 bits per heavy atom. The molecule has 1 heterocycles. The maximum atomic E-state index is 12.2. The van der Waals surface area contributed by atoms with Gasteiger partial charge in [-0.15, -0.1) is 0 Å². The number of aryl methyl sites for hydroxylation is 1. The van der Waals surface area contributed by atoms with Crippen molar-refractivity contribution in [1.82, 2.24) is 10.6 Å². The molecule has 2 aromatic rings. The summed E-state index contributed by atoms with van der Waals surface area (Å²) in [5.41, 5.74) is 4.12. The predicted molar refractivity (Wildman–Crippen MR) is 112 cm³/mol. The van der Waals surface area contributed by atoms with Gasteiger partial charge in [0.15, 0.2) is 0 Å². The number of benzene rings is 2. The number of amides is 2. The van der Waals surface area contributed by atoms with Crippen molar-refractivity contribution < 1.29 is 23.9 Å². The molecule has 3 rings (SSSR count). The smallest absolute Gasteiger partial charge is 0.338 e. The van der Waals surface area contributed by atoms with Crippen LogP contribution in [0.4, 0.5) is 0 Å². The number of nitrogens with one attached hydrogen (secondary N) is 2. The second-order valence-corrected chi connectivity index (χ2v) is 7.45. The summed E-state index contributed by atoms with van der Waals surface area (Å²) < 4.78 is 11.1. The van der Waals surface area contributed by atoms with Crippen molar-refractivity contribution in [2.75, 3.05) is 13.7 Å². The zero-order valence-electron chi connectivity index (χ0n) is 17.6. The monoisotopic (exact) mass is 410 g/mol. The van der Waals surface area contributed by atoms with Crippen LogP contribution in [0.5, 0.6) is 5.75 Å². The van der Waals surface area contributed by atoms with Crippen molar-refractivity contribution in [2.45, 2.75) is 39.3 Å². The molecule has 0 radical (unpaired) electrons. The molecule has 7 heteroatoms. The molecule has 0 fully saturated rings. The van der Waals surface area contributed by atoms with Crippen molar-refractivity contribution in [1.29, 1.82) is 0 Å². The van der Waals surface area contributed by atoms with Gasteiger partial charge in [-0.05, 0) is 42.7 Å². The van der Waals surface area contributed by atoms with Gasteiger partial charge in [0.1, 0.15) is 17.9 Å². The molecule has 0 unspecified atom stereocenters. The zero-order chi connectivity index (χ0) is 21.8. The van der Waals surface area contributed by atoms with Gasteiger partial charge in [0.25, 0.3) is 0 Å². The first-order valence-electron chi connectivity index (χ1n) is 9.82. The predicted octanol–water partition coefficient (Wildman–Crippen LogP) is 2.39. The number of hydrogen-bond donors (Lipinski definition) is 2. The van der Waals surface area contributed by atoms with Crippen molar-refractivity contribution >= 4 is 17.8 Å². The Morgan fingerprint density at radius 3 is 2.63 bits per heavy atom. The van der Waals surface area contributed by atoms with Gasteiger partial charge in [-0.25, -0.2) is 4.79 Å². The minimum Gasteiger partial charge on any atom is -0.487 e. The normalized spacial score (nSPS) is 15.5. The van der Waals surface area contributed by atoms with E-state index in [1.165, 1.54) is 14.0 Å². The molecule has 0 saturated carbocycles. The van der Waals surface area contributed by atoms with E-state index in [-0.39, 0.29) is 17.9 Å². The Kier molecular flexibility index (Phi) is 6.40. The molecule has 0 spiro atoms. The topological polar surface area (TPSA) is 93.7 Å². The van der Waals surface area contributed by atoms with E-state index in [0.29, 0.717) is 24.3 Å². The number of ether oxygens (including phenoxy) is 2. The van der Waals surface area contributed by atoms with Crippen LogP contribution in [-0.2, 0) is 20.7 Å². The molecule has 2 atom stereocenters. The lowest BCUT2D eigenvalue weighted by molar-refractivity contribution is -0.127. The first kappa shape index (κ1) is 21.4. The minimum absolute atomic E-state index is 0.237. The average Bonchev–Trinajstić information content (AvgIpc) is 3.12. The standard InChI is InChI=1S/C23H26N2O5/c1-13-9-16-11-17(12-24-22(27)14(2)25-15(3)26)30-21(16)20(10-13)18-7-5-6-8-19(18)23(28)29-4/h5-10,14,17H,11-12H2,1-4H3,(H,24,27)(H,25,26)/t14-,17+/m0/s1. The van der Waals surface area contributed by atoms with Gasteiger partial charge in [0, 0.05) is 18.9 Å². The third-order valence-corrected chi connectivity index (χ3v) is 4.98. The van der Waals surface area contributed by atoms with Crippen LogP contribution in [-0.4, -0.2) is 43.6 Å². The minimum atomic E-state index is -0.615. The summed E-state index contributed by atoms with van der Waals surface area (Å²) in [4.78, 5) is 35.5. The van der Waals surface area contributed by atoms with Gasteiger partial charge in [-0.1, -0.05) is 24.3 Å². The number of rotatable bonds is 6. The van der Waals surface area contributed by atoms with Crippen LogP contribution in [0.2, 0.25) is 0 Å². The second kappa shape index (κ2) is 8.98. The highest BCUT2D eigenvalue weighted by molar-refractivity contribution is 5.98. The first-order chi connectivity index (χ1) is 14.3. The summed E-state index contributed by atoms with van der Waals surface area (Å²) in [7, 11) is 1.36. The highest BCUT2D eigenvalue weighted by Gasteiger charge is 2.28. The van der Waals surface area contributed by atoms with E-state index in [9.17, 15) is 14.4 Å². The van der Waals surface area contributed by atoms with Crippen LogP contribution in [0.25, 0.3) is 11.1 Å². The summed E-state index contributed by atoms with van der Waals surface area (Å²) in [6.45, 7) is 5.31. The fourth-order valence-corrected chi connectivity index (χ4v) is 3.65. The molecular weight excluding hydrogens is 384 g/mol. The van der Waals surface area contributed by atoms with Crippen LogP contribution in [0.15, 0.2) is 36.4 Å². The quantitative estimate of drug-likeness (QED) is 0.714. The van der Waals surface area contributed by atoms with Crippen molar-refractivity contribution in [3.63, 3.8) is 0 Å². The van der Waals surface area contributed by atoms with E-state index in [1.807, 2.05) is 25.1 Å². The van der Waals surface area contributed by atoms with Crippen LogP contribution >= 0.6 is 0 Å². The average molecular weight is 410 g/mol. The van der Waals surface area contributed by atoms with E-state index in [2.05, 4.69) is 16.7 Å². The Hall–Kier alpha value is -3.35. The molecular formula is C23H26N2O5. The number of fused-ring (bicyclic) bond motifs is 1. The van der Waals surface area contributed by atoms with E-state index in [4.69, 9.17) is 9.47 Å². The number of esters is 1. The number of carbonyl (C=O) groups excluding carboxylic acids is 3. The Morgan fingerprint density at radius 2 is 1.93 bits per heavy atom. The molecule has 158 valence electrons. The Labute approximate surface area is 175 Å². The fraction of sp³-hybridized carbons (Fsp3) is 0.348. The van der Waals surface area contributed by atoms with Gasteiger partial charge < -0.3 is 20.1 Å². The lowest BCUT2D eigenvalue weighted by Crippen LogP contribution is -2.46. The van der Waals surface area contributed by atoms with Gasteiger partial charge in [-0.3, -0.25) is 9.59 Å². The first-order valence-corrected chi connectivity index (χ1v) is 9.82. The zero-order valence-corrected chi connectivity index (χ0v) is 17.6. The maximum absolute atomic E-state index is 12.2. The summed E-state index contributed by atoms with van der Waals surface area (Å²) in [6, 6.07) is 10.7. The highest BCUT2D eigenvalue weighted by Crippen LogP contribution is 2.41. The molecule has 1 aliphatic rings. The molecule has 7 nitrogen and oxygen atoms in total. The van der Waals surface area contributed by atoms with E-state index >= 15 is 0 Å². The maximum Gasteiger partial charge on any atom is 0.338 e. The SMILES string of the molecule is COC(=O)c1ccccc1-c1cc(C)cc2c1O[C@@H](CNC(=O)[C@H](C)NC(C)=O)C2. The summed E-state index contributed by atoms with van der Waals surface area (Å²) in [5.74, 6) is -0.218. The highest BCUT2D eigenvalue weighted by atomic mass is 16.5. The lowest BCUT2D eigenvalue weighted by atomic mass is 9.94. The molecule has 2 aromatic carbocycles. The third kappa shape index (κ3) is 4.62. The van der Waals surface area contributed by atoms with Crippen LogP contribution in [0.3, 0.4) is 0 Å². The van der Waals surface area contributed by atoms with E-state index in [1.54, 1.807) is 19.1 Å². The number of hydrogen-bond acceptors (Lipinski definition) is 5. The summed E-state index contributed by atoms with van der Waals surface area (Å²) in [6.07, 6.45) is 0.401. The molecule has 1 aliphatic heterocycles. The second-order valence-electron chi connectivity index (χ2n) is 7.45. The van der Waals surface area contributed by atoms with Crippen LogP contribution in [0.1, 0.15) is 35.3 Å². The Balaban J connectivity index is 1.81. The molecule has 2 amide bonds. The molecule has 0 aromatic heterocycles. The third-order valence-electron chi connectivity index (χ3n) is 4.98. The Bertz CT molecular complexity index is 986. The van der Waals surface area contributed by atoms with E-state index in [0.717, 1.165) is 22.3 Å². The van der Waals surface area contributed by atoms with Gasteiger partial charge in [0.2, 0.25) is 11.8 Å². The van der Waals surface area contributed by atoms with Gasteiger partial charge >= 0.3 is 5.97 Å². The van der Waals surface area contributed by atoms with Gasteiger partial charge in [0.05, 0.1) is 19.2 Å². The molecule has 0 saturated heterocycles. The van der Waals surface area contributed by atoms with Crippen molar-refractivity contribution in [3.8, 4) is 16.9 Å². The molecule has 2 N–H and O–H groups in total. The van der Waals surface area contributed by atoms with Gasteiger partial charge in [-0.2, -0.15) is 0 Å². The van der Waals surface area contributed by atoms with Crippen molar-refractivity contribution in [2.24, 2.45) is 0 Å². The van der Waals surface area contributed by atoms with Crippen LogP contribution < -0.4 is 15.4 Å². The largest absolute Gasteiger partial charge is 0.487 e. The molecule has 30 heavy (non-hydrogen) atoms. The molecule has 0 aliphatic carbocycles. The number of methoxy groups -OCH3 is 1. The van der Waals surface area contributed by atoms with Crippen molar-refractivity contribution in [3.05, 3.63) is 53.1 Å². The lowest BCUT2D eigenvalue weighted by Gasteiger charge is -2.17.